The molecule has 0 aromatic carbocycles. The first-order valence-electron chi connectivity index (χ1n) is 14.4. The van der Waals surface area contributed by atoms with Gasteiger partial charge in [-0.3, -0.25) is 9.59 Å². The minimum absolute atomic E-state index is 0.0208. The van der Waals surface area contributed by atoms with Crippen molar-refractivity contribution in [2.24, 2.45) is 0 Å². The van der Waals surface area contributed by atoms with Gasteiger partial charge in [-0.15, -0.1) is 0 Å². The van der Waals surface area contributed by atoms with E-state index in [0.717, 1.165) is 57.3 Å². The Morgan fingerprint density at radius 1 is 1.08 bits per heavy atom. The summed E-state index contributed by atoms with van der Waals surface area (Å²) in [6, 6.07) is 3.93. The van der Waals surface area contributed by atoms with Crippen LogP contribution in [0.5, 0.6) is 0 Å². The molecule has 1 unspecified atom stereocenters. The molecule has 1 atom stereocenters. The normalized spacial score (nSPS) is 21.2. The molecule has 7 heteroatoms. The highest BCUT2D eigenvalue weighted by Gasteiger charge is 2.48. The molecular formula is C29H46N4O3. The molecule has 2 aromatic rings. The van der Waals surface area contributed by atoms with Crippen molar-refractivity contribution < 1.29 is 14.0 Å². The van der Waals surface area contributed by atoms with Crippen molar-refractivity contribution in [2.45, 2.75) is 110 Å². The minimum Gasteiger partial charge on any atom is -0.463 e. The number of hydrogen-bond donors (Lipinski definition) is 1. The molecule has 2 amide bonds. The van der Waals surface area contributed by atoms with Crippen LogP contribution in [0.1, 0.15) is 102 Å². The number of hydrogen-bond acceptors (Lipinski definition) is 4. The average Bonchev–Trinajstić information content (AvgIpc) is 3.36. The number of furan rings is 1. The van der Waals surface area contributed by atoms with Gasteiger partial charge in [0, 0.05) is 24.7 Å². The number of carbonyl (C=O) groups is 2. The van der Waals surface area contributed by atoms with E-state index < -0.39 is 5.54 Å². The first-order valence-corrected chi connectivity index (χ1v) is 14.4. The van der Waals surface area contributed by atoms with Crippen molar-refractivity contribution in [1.29, 1.82) is 0 Å². The van der Waals surface area contributed by atoms with E-state index in [9.17, 15) is 9.59 Å². The quantitative estimate of drug-likeness (QED) is 0.388. The highest BCUT2D eigenvalue weighted by Crippen LogP contribution is 2.33. The Morgan fingerprint density at radius 2 is 1.75 bits per heavy atom. The number of nitrogens with zero attached hydrogens (tertiary/aromatic N) is 3. The van der Waals surface area contributed by atoms with Gasteiger partial charge in [-0.05, 0) is 58.7 Å². The lowest BCUT2D eigenvalue weighted by molar-refractivity contribution is -0.133. The van der Waals surface area contributed by atoms with Crippen LogP contribution in [-0.4, -0.2) is 63.9 Å². The topological polar surface area (TPSA) is 70.7 Å². The Kier molecular flexibility index (Phi) is 9.15. The van der Waals surface area contributed by atoms with Gasteiger partial charge in [-0.1, -0.05) is 52.4 Å². The Labute approximate surface area is 216 Å². The molecular weight excluding hydrogens is 452 g/mol. The smallest absolute Gasteiger partial charge is 0.271 e. The number of carbonyl (C=O) groups excluding carboxylic acids is 2. The standard InChI is InChI=1S/C29H46N4O3/c1-4-6-16-31(17-7-5-2)18-12-19-33-27(34)25-21-26-24(15-20-36-26)32(25)22-29(33,3)28(35)30-23-13-10-8-9-11-14-23/h15,20-21,23H,4-14,16-19,22H2,1-3H3,(H,30,35). The SMILES string of the molecule is CCCCN(CCCC)CCCN1C(=O)c2cc3occc3n2CC1(C)C(=O)NC1CCCCCC1. The molecule has 200 valence electrons. The van der Waals surface area contributed by atoms with Gasteiger partial charge in [-0.2, -0.15) is 0 Å². The molecule has 0 radical (unpaired) electrons. The summed E-state index contributed by atoms with van der Waals surface area (Å²) in [4.78, 5) is 32.1. The predicted molar refractivity (Wildman–Crippen MR) is 144 cm³/mol. The van der Waals surface area contributed by atoms with Gasteiger partial charge in [0.25, 0.3) is 5.91 Å². The first kappa shape index (κ1) is 26.8. The maximum Gasteiger partial charge on any atom is 0.271 e. The van der Waals surface area contributed by atoms with E-state index in [1.54, 1.807) is 6.26 Å². The second-order valence-corrected chi connectivity index (χ2v) is 11.1. The highest BCUT2D eigenvalue weighted by molar-refractivity contribution is 6.02. The fourth-order valence-electron chi connectivity index (χ4n) is 5.94. The number of rotatable bonds is 12. The van der Waals surface area contributed by atoms with Crippen LogP contribution in [0.25, 0.3) is 11.1 Å². The largest absolute Gasteiger partial charge is 0.463 e. The van der Waals surface area contributed by atoms with Crippen molar-refractivity contribution in [3.63, 3.8) is 0 Å². The Morgan fingerprint density at radius 3 is 2.42 bits per heavy atom. The van der Waals surface area contributed by atoms with Crippen LogP contribution in [0.15, 0.2) is 22.8 Å². The molecule has 1 aliphatic heterocycles. The lowest BCUT2D eigenvalue weighted by Gasteiger charge is -2.44. The number of nitrogens with one attached hydrogen (secondary N) is 1. The molecule has 3 heterocycles. The van der Waals surface area contributed by atoms with E-state index in [0.29, 0.717) is 24.4 Å². The Hall–Kier alpha value is -2.28. The van der Waals surface area contributed by atoms with Gasteiger partial charge in [-0.25, -0.2) is 0 Å². The lowest BCUT2D eigenvalue weighted by Crippen LogP contribution is -2.65. The Bertz CT molecular complexity index is 995. The summed E-state index contributed by atoms with van der Waals surface area (Å²) in [5.41, 5.74) is 1.28. The third kappa shape index (κ3) is 5.82. The van der Waals surface area contributed by atoms with E-state index in [1.807, 2.05) is 28.5 Å². The summed E-state index contributed by atoms with van der Waals surface area (Å²) in [6.07, 6.45) is 14.1. The van der Waals surface area contributed by atoms with Crippen LogP contribution in [0.4, 0.5) is 0 Å². The zero-order valence-electron chi connectivity index (χ0n) is 22.7. The Balaban J connectivity index is 1.53. The summed E-state index contributed by atoms with van der Waals surface area (Å²) < 4.78 is 7.59. The first-order chi connectivity index (χ1) is 17.5. The van der Waals surface area contributed by atoms with Gasteiger partial charge in [0.1, 0.15) is 11.2 Å². The molecule has 1 saturated carbocycles. The van der Waals surface area contributed by atoms with Gasteiger partial charge in [0.05, 0.1) is 18.3 Å². The van der Waals surface area contributed by atoms with Crippen LogP contribution in [0.2, 0.25) is 0 Å². The number of fused-ring (bicyclic) bond motifs is 3. The van der Waals surface area contributed by atoms with E-state index in [1.165, 1.54) is 38.5 Å². The summed E-state index contributed by atoms with van der Waals surface area (Å²) >= 11 is 0. The molecule has 2 aliphatic rings. The van der Waals surface area contributed by atoms with Crippen LogP contribution in [0, 0.1) is 0 Å². The molecule has 7 nitrogen and oxygen atoms in total. The highest BCUT2D eigenvalue weighted by atomic mass is 16.3. The molecule has 1 aliphatic carbocycles. The molecule has 0 spiro atoms. The zero-order valence-corrected chi connectivity index (χ0v) is 22.7. The van der Waals surface area contributed by atoms with Crippen molar-refractivity contribution in [2.75, 3.05) is 26.2 Å². The van der Waals surface area contributed by atoms with Gasteiger partial charge in [0.2, 0.25) is 5.91 Å². The fraction of sp³-hybridized carbons (Fsp3) is 0.724. The van der Waals surface area contributed by atoms with Crippen LogP contribution in [0.3, 0.4) is 0 Å². The maximum absolute atomic E-state index is 13.9. The van der Waals surface area contributed by atoms with E-state index in [4.69, 9.17) is 4.42 Å². The fourth-order valence-corrected chi connectivity index (χ4v) is 5.94. The van der Waals surface area contributed by atoms with E-state index in [2.05, 4.69) is 24.1 Å². The molecule has 2 aromatic heterocycles. The number of unbranched alkanes of at least 4 members (excludes halogenated alkanes) is 2. The van der Waals surface area contributed by atoms with Crippen molar-refractivity contribution in [3.8, 4) is 0 Å². The molecule has 4 rings (SSSR count). The summed E-state index contributed by atoms with van der Waals surface area (Å²) in [5, 5.41) is 3.36. The van der Waals surface area contributed by atoms with Crippen LogP contribution < -0.4 is 5.32 Å². The van der Waals surface area contributed by atoms with Crippen LogP contribution >= 0.6 is 0 Å². The van der Waals surface area contributed by atoms with Gasteiger partial charge < -0.3 is 24.1 Å². The minimum atomic E-state index is -0.933. The molecule has 0 bridgehead atoms. The third-order valence-electron chi connectivity index (χ3n) is 8.24. The summed E-state index contributed by atoms with van der Waals surface area (Å²) in [7, 11) is 0. The second kappa shape index (κ2) is 12.3. The molecule has 1 fully saturated rings. The molecule has 0 saturated heterocycles. The maximum atomic E-state index is 13.9. The van der Waals surface area contributed by atoms with E-state index >= 15 is 0 Å². The summed E-state index contributed by atoms with van der Waals surface area (Å²) in [5.74, 6) is -0.0904. The number of amides is 2. The van der Waals surface area contributed by atoms with Crippen LogP contribution in [-0.2, 0) is 11.3 Å². The lowest BCUT2D eigenvalue weighted by atomic mass is 9.93. The second-order valence-electron chi connectivity index (χ2n) is 11.1. The zero-order chi connectivity index (χ0) is 25.5. The number of aromatic nitrogens is 1. The van der Waals surface area contributed by atoms with Crippen molar-refractivity contribution in [1.82, 2.24) is 19.7 Å². The third-order valence-corrected chi connectivity index (χ3v) is 8.24. The molecule has 1 N–H and O–H groups in total. The van der Waals surface area contributed by atoms with E-state index in [-0.39, 0.29) is 17.9 Å². The summed E-state index contributed by atoms with van der Waals surface area (Å²) in [6.45, 7) is 10.6. The van der Waals surface area contributed by atoms with Crippen molar-refractivity contribution >= 4 is 22.9 Å². The molecule has 36 heavy (non-hydrogen) atoms. The van der Waals surface area contributed by atoms with Gasteiger partial charge in [0.15, 0.2) is 5.58 Å². The average molecular weight is 499 g/mol. The predicted octanol–water partition coefficient (Wildman–Crippen LogP) is 5.58. The van der Waals surface area contributed by atoms with Crippen molar-refractivity contribution in [3.05, 3.63) is 24.1 Å². The van der Waals surface area contributed by atoms with Gasteiger partial charge >= 0.3 is 0 Å². The monoisotopic (exact) mass is 498 g/mol.